The third-order valence-corrected chi connectivity index (χ3v) is 2.67. The second kappa shape index (κ2) is 5.75. The van der Waals surface area contributed by atoms with Crippen molar-refractivity contribution in [1.82, 2.24) is 15.0 Å². The van der Waals surface area contributed by atoms with Gasteiger partial charge in [-0.2, -0.15) is 4.98 Å². The van der Waals surface area contributed by atoms with Crippen LogP contribution < -0.4 is 5.73 Å². The maximum absolute atomic E-state index is 5.42. The molecule has 0 aliphatic carbocycles. The van der Waals surface area contributed by atoms with Gasteiger partial charge in [-0.25, -0.2) is 0 Å². The number of hydrogen-bond acceptors (Lipinski definition) is 5. The van der Waals surface area contributed by atoms with Crippen LogP contribution in [0.5, 0.6) is 0 Å². The molecule has 96 valence electrons. The number of benzene rings is 1. The lowest BCUT2D eigenvalue weighted by atomic mass is 10.1. The number of rotatable bonds is 5. The largest absolute Gasteiger partial charge is 0.338 e. The Kier molecular flexibility index (Phi) is 4.07. The standard InChI is InChI=1S/C13H18N4O/c1-10-3-5-11(6-4-10)8-17(2)9-12-15-13(7-14)18-16-12/h3-6H,7-9,14H2,1-2H3. The Morgan fingerprint density at radius 3 is 2.56 bits per heavy atom. The van der Waals surface area contributed by atoms with Crippen LogP contribution in [0.2, 0.25) is 0 Å². The van der Waals surface area contributed by atoms with Gasteiger partial charge < -0.3 is 10.3 Å². The van der Waals surface area contributed by atoms with Gasteiger partial charge in [0.25, 0.3) is 0 Å². The molecule has 0 fully saturated rings. The Labute approximate surface area is 107 Å². The molecule has 0 spiro atoms. The molecular weight excluding hydrogens is 228 g/mol. The third kappa shape index (κ3) is 3.38. The molecule has 2 rings (SSSR count). The molecule has 5 nitrogen and oxygen atoms in total. The second-order valence-electron chi connectivity index (χ2n) is 4.47. The summed E-state index contributed by atoms with van der Waals surface area (Å²) in [6, 6.07) is 8.49. The Morgan fingerprint density at radius 2 is 1.94 bits per heavy atom. The van der Waals surface area contributed by atoms with Gasteiger partial charge in [-0.3, -0.25) is 4.90 Å². The summed E-state index contributed by atoms with van der Waals surface area (Å²) in [5.74, 6) is 1.15. The SMILES string of the molecule is Cc1ccc(CN(C)Cc2noc(CN)n2)cc1. The van der Waals surface area contributed by atoms with Crippen molar-refractivity contribution < 1.29 is 4.52 Å². The van der Waals surface area contributed by atoms with Crippen LogP contribution in [-0.4, -0.2) is 22.1 Å². The molecule has 0 aliphatic heterocycles. The van der Waals surface area contributed by atoms with E-state index in [0.29, 0.717) is 18.3 Å². The van der Waals surface area contributed by atoms with Crippen molar-refractivity contribution in [2.24, 2.45) is 5.73 Å². The highest BCUT2D eigenvalue weighted by Crippen LogP contribution is 2.08. The van der Waals surface area contributed by atoms with Gasteiger partial charge in [0.15, 0.2) is 5.82 Å². The molecule has 0 radical (unpaired) electrons. The van der Waals surface area contributed by atoms with Crippen molar-refractivity contribution >= 4 is 0 Å². The third-order valence-electron chi connectivity index (χ3n) is 2.67. The monoisotopic (exact) mass is 246 g/mol. The fourth-order valence-corrected chi connectivity index (χ4v) is 1.74. The van der Waals surface area contributed by atoms with Crippen LogP contribution in [0.15, 0.2) is 28.8 Å². The summed E-state index contributed by atoms with van der Waals surface area (Å²) in [5.41, 5.74) is 7.96. The van der Waals surface area contributed by atoms with E-state index >= 15 is 0 Å². The van der Waals surface area contributed by atoms with Crippen LogP contribution in [0, 0.1) is 6.92 Å². The molecule has 0 unspecified atom stereocenters. The van der Waals surface area contributed by atoms with E-state index in [1.807, 2.05) is 7.05 Å². The molecule has 0 aliphatic rings. The quantitative estimate of drug-likeness (QED) is 0.865. The summed E-state index contributed by atoms with van der Waals surface area (Å²) in [6.07, 6.45) is 0. The number of nitrogens with zero attached hydrogens (tertiary/aromatic N) is 3. The van der Waals surface area contributed by atoms with Crippen LogP contribution in [-0.2, 0) is 19.6 Å². The number of hydrogen-bond donors (Lipinski definition) is 1. The van der Waals surface area contributed by atoms with Crippen molar-refractivity contribution in [1.29, 1.82) is 0 Å². The highest BCUT2D eigenvalue weighted by atomic mass is 16.5. The fourth-order valence-electron chi connectivity index (χ4n) is 1.74. The molecule has 0 atom stereocenters. The zero-order valence-electron chi connectivity index (χ0n) is 10.8. The molecule has 2 N–H and O–H groups in total. The summed E-state index contributed by atoms with van der Waals surface area (Å²) in [4.78, 5) is 6.31. The highest BCUT2D eigenvalue weighted by molar-refractivity contribution is 5.21. The minimum absolute atomic E-state index is 0.286. The first kappa shape index (κ1) is 12.7. The molecule has 2 aromatic rings. The van der Waals surface area contributed by atoms with E-state index in [1.54, 1.807) is 0 Å². The van der Waals surface area contributed by atoms with Crippen LogP contribution >= 0.6 is 0 Å². The number of nitrogens with two attached hydrogens (primary N) is 1. The van der Waals surface area contributed by atoms with Gasteiger partial charge in [-0.1, -0.05) is 35.0 Å². The lowest BCUT2D eigenvalue weighted by Crippen LogP contribution is -2.18. The fraction of sp³-hybridized carbons (Fsp3) is 0.385. The first-order valence-electron chi connectivity index (χ1n) is 5.93. The summed E-state index contributed by atoms with van der Waals surface area (Å²) in [6.45, 7) is 3.87. The maximum atomic E-state index is 5.42. The average Bonchev–Trinajstić information content (AvgIpc) is 2.79. The van der Waals surface area contributed by atoms with Gasteiger partial charge in [0, 0.05) is 6.54 Å². The van der Waals surface area contributed by atoms with Gasteiger partial charge in [0.1, 0.15) is 0 Å². The summed E-state index contributed by atoms with van der Waals surface area (Å²) < 4.78 is 4.97. The van der Waals surface area contributed by atoms with Crippen LogP contribution in [0.1, 0.15) is 22.8 Å². The Bertz CT molecular complexity index is 492. The highest BCUT2D eigenvalue weighted by Gasteiger charge is 2.08. The normalized spacial score (nSPS) is 11.1. The van der Waals surface area contributed by atoms with E-state index in [9.17, 15) is 0 Å². The molecule has 1 heterocycles. The Balaban J connectivity index is 1.91. The van der Waals surface area contributed by atoms with Crippen LogP contribution in [0.4, 0.5) is 0 Å². The summed E-state index contributed by atoms with van der Waals surface area (Å²) in [7, 11) is 2.03. The second-order valence-corrected chi connectivity index (χ2v) is 4.47. The van der Waals surface area contributed by atoms with E-state index in [1.165, 1.54) is 11.1 Å². The molecular formula is C13H18N4O. The zero-order chi connectivity index (χ0) is 13.0. The molecule has 0 saturated heterocycles. The smallest absolute Gasteiger partial charge is 0.240 e. The van der Waals surface area contributed by atoms with Gasteiger partial charge in [-0.15, -0.1) is 0 Å². The number of aromatic nitrogens is 2. The van der Waals surface area contributed by atoms with Crippen molar-refractivity contribution in [2.75, 3.05) is 7.05 Å². The molecule has 0 amide bonds. The molecule has 5 heteroatoms. The van der Waals surface area contributed by atoms with Gasteiger partial charge in [-0.05, 0) is 19.5 Å². The van der Waals surface area contributed by atoms with E-state index in [4.69, 9.17) is 10.3 Å². The van der Waals surface area contributed by atoms with E-state index in [-0.39, 0.29) is 6.54 Å². The van der Waals surface area contributed by atoms with Gasteiger partial charge in [0.05, 0.1) is 13.1 Å². The zero-order valence-corrected chi connectivity index (χ0v) is 10.8. The first-order chi connectivity index (χ1) is 8.67. The molecule has 18 heavy (non-hydrogen) atoms. The summed E-state index contributed by atoms with van der Waals surface area (Å²) >= 11 is 0. The predicted octanol–water partition coefficient (Wildman–Crippen LogP) is 1.47. The Morgan fingerprint density at radius 1 is 1.22 bits per heavy atom. The first-order valence-corrected chi connectivity index (χ1v) is 5.93. The average molecular weight is 246 g/mol. The topological polar surface area (TPSA) is 68.2 Å². The lowest BCUT2D eigenvalue weighted by molar-refractivity contribution is 0.300. The minimum Gasteiger partial charge on any atom is -0.338 e. The van der Waals surface area contributed by atoms with Gasteiger partial charge in [0.2, 0.25) is 5.89 Å². The van der Waals surface area contributed by atoms with E-state index in [2.05, 4.69) is 46.2 Å². The lowest BCUT2D eigenvalue weighted by Gasteiger charge is -2.14. The Hall–Kier alpha value is -1.72. The number of aryl methyl sites for hydroxylation is 1. The predicted molar refractivity (Wildman–Crippen MR) is 68.5 cm³/mol. The van der Waals surface area contributed by atoms with E-state index < -0.39 is 0 Å². The summed E-state index contributed by atoms with van der Waals surface area (Å²) in [5, 5.41) is 3.87. The minimum atomic E-state index is 0.286. The molecule has 1 aromatic carbocycles. The molecule has 0 bridgehead atoms. The van der Waals surface area contributed by atoms with Crippen molar-refractivity contribution in [3.8, 4) is 0 Å². The molecule has 0 saturated carbocycles. The van der Waals surface area contributed by atoms with Crippen LogP contribution in [0.25, 0.3) is 0 Å². The van der Waals surface area contributed by atoms with Crippen molar-refractivity contribution in [2.45, 2.75) is 26.6 Å². The maximum Gasteiger partial charge on any atom is 0.240 e. The van der Waals surface area contributed by atoms with Crippen molar-refractivity contribution in [3.63, 3.8) is 0 Å². The van der Waals surface area contributed by atoms with E-state index in [0.717, 1.165) is 6.54 Å². The van der Waals surface area contributed by atoms with Gasteiger partial charge >= 0.3 is 0 Å². The van der Waals surface area contributed by atoms with Crippen molar-refractivity contribution in [3.05, 3.63) is 47.1 Å². The van der Waals surface area contributed by atoms with Crippen LogP contribution in [0.3, 0.4) is 0 Å². The molecule has 1 aromatic heterocycles.